The number of sulfonamides is 1. The molecule has 2 heterocycles. The summed E-state index contributed by atoms with van der Waals surface area (Å²) >= 11 is 0. The van der Waals surface area contributed by atoms with Crippen LogP contribution in [0.25, 0.3) is 0 Å². The molecule has 0 saturated heterocycles. The van der Waals surface area contributed by atoms with Gasteiger partial charge >= 0.3 is 0 Å². The number of carbonyl (C=O) groups is 1. The summed E-state index contributed by atoms with van der Waals surface area (Å²) in [7, 11) is -1.61. The summed E-state index contributed by atoms with van der Waals surface area (Å²) < 4.78 is 29.5. The number of aromatic nitrogens is 1. The predicted molar refractivity (Wildman–Crippen MR) is 92.5 cm³/mol. The number of carbonyl (C=O) groups excluding carboxylic acids is 1. The highest BCUT2D eigenvalue weighted by atomic mass is 32.2. The van der Waals surface area contributed by atoms with Gasteiger partial charge in [0.15, 0.2) is 0 Å². The van der Waals surface area contributed by atoms with Crippen molar-refractivity contribution in [2.45, 2.75) is 24.7 Å². The second-order valence-electron chi connectivity index (χ2n) is 6.04. The van der Waals surface area contributed by atoms with Crippen molar-refractivity contribution in [3.8, 4) is 0 Å². The number of benzene rings is 1. The maximum atomic E-state index is 12.4. The molecule has 1 N–H and O–H groups in total. The molecule has 0 spiro atoms. The van der Waals surface area contributed by atoms with Gasteiger partial charge in [0, 0.05) is 45.1 Å². The lowest BCUT2D eigenvalue weighted by Gasteiger charge is -2.15. The SMILES string of the molecule is CC(=O)N1CCc2cc(S(=O)(=O)NCCc3ccn(C)c3)ccc21. The Morgan fingerprint density at radius 1 is 1.29 bits per heavy atom. The average Bonchev–Trinajstić information content (AvgIpc) is 3.12. The van der Waals surface area contributed by atoms with Crippen LogP contribution in [0, 0.1) is 0 Å². The molecule has 128 valence electrons. The molecule has 6 nitrogen and oxygen atoms in total. The minimum atomic E-state index is -3.54. The molecule has 1 aliphatic heterocycles. The van der Waals surface area contributed by atoms with Gasteiger partial charge in [-0.25, -0.2) is 13.1 Å². The van der Waals surface area contributed by atoms with Crippen molar-refractivity contribution in [1.29, 1.82) is 0 Å². The van der Waals surface area contributed by atoms with E-state index in [1.165, 1.54) is 6.92 Å². The van der Waals surface area contributed by atoms with Crippen molar-refractivity contribution in [1.82, 2.24) is 9.29 Å². The van der Waals surface area contributed by atoms with Crippen molar-refractivity contribution in [3.05, 3.63) is 47.8 Å². The van der Waals surface area contributed by atoms with E-state index in [9.17, 15) is 13.2 Å². The van der Waals surface area contributed by atoms with Crippen molar-refractivity contribution < 1.29 is 13.2 Å². The van der Waals surface area contributed by atoms with Crippen LogP contribution in [0.2, 0.25) is 0 Å². The van der Waals surface area contributed by atoms with E-state index in [1.807, 2.05) is 30.1 Å². The molecule has 7 heteroatoms. The lowest BCUT2D eigenvalue weighted by Crippen LogP contribution is -2.26. The number of anilines is 1. The molecule has 0 bridgehead atoms. The highest BCUT2D eigenvalue weighted by Crippen LogP contribution is 2.30. The normalized spacial score (nSPS) is 14.0. The van der Waals surface area contributed by atoms with Gasteiger partial charge in [-0.3, -0.25) is 4.79 Å². The molecular weight excluding hydrogens is 326 g/mol. The maximum Gasteiger partial charge on any atom is 0.240 e. The Morgan fingerprint density at radius 3 is 2.75 bits per heavy atom. The minimum absolute atomic E-state index is 0.0228. The van der Waals surface area contributed by atoms with Crippen molar-refractivity contribution >= 4 is 21.6 Å². The van der Waals surface area contributed by atoms with E-state index in [0.717, 1.165) is 16.8 Å². The third-order valence-corrected chi connectivity index (χ3v) is 5.69. The Hall–Kier alpha value is -2.12. The van der Waals surface area contributed by atoms with Gasteiger partial charge in [-0.05, 0) is 48.2 Å². The number of amides is 1. The molecule has 24 heavy (non-hydrogen) atoms. The van der Waals surface area contributed by atoms with Crippen LogP contribution < -0.4 is 9.62 Å². The maximum absolute atomic E-state index is 12.4. The number of hydrogen-bond donors (Lipinski definition) is 1. The first-order valence-corrected chi connectivity index (χ1v) is 9.37. The summed E-state index contributed by atoms with van der Waals surface area (Å²) in [6.07, 6.45) is 5.23. The summed E-state index contributed by atoms with van der Waals surface area (Å²) in [6.45, 7) is 2.48. The zero-order chi connectivity index (χ0) is 17.3. The van der Waals surface area contributed by atoms with Crippen LogP contribution in [0.15, 0.2) is 41.6 Å². The van der Waals surface area contributed by atoms with Crippen molar-refractivity contribution in [2.24, 2.45) is 7.05 Å². The van der Waals surface area contributed by atoms with Gasteiger partial charge in [-0.1, -0.05) is 0 Å². The van der Waals surface area contributed by atoms with Crippen LogP contribution in [0.1, 0.15) is 18.1 Å². The largest absolute Gasteiger partial charge is 0.357 e. The number of aryl methyl sites for hydroxylation is 1. The van der Waals surface area contributed by atoms with Crippen LogP contribution in [0.3, 0.4) is 0 Å². The van der Waals surface area contributed by atoms with Gasteiger partial charge < -0.3 is 9.47 Å². The molecular formula is C17H21N3O3S. The lowest BCUT2D eigenvalue weighted by atomic mass is 10.2. The zero-order valence-corrected chi connectivity index (χ0v) is 14.6. The number of nitrogens with zero attached hydrogens (tertiary/aromatic N) is 2. The van der Waals surface area contributed by atoms with Gasteiger partial charge in [0.2, 0.25) is 15.9 Å². The fourth-order valence-corrected chi connectivity index (χ4v) is 4.08. The Morgan fingerprint density at radius 2 is 2.08 bits per heavy atom. The van der Waals surface area contributed by atoms with Gasteiger partial charge in [0.1, 0.15) is 0 Å². The third-order valence-electron chi connectivity index (χ3n) is 4.24. The van der Waals surface area contributed by atoms with E-state index in [1.54, 1.807) is 23.1 Å². The van der Waals surface area contributed by atoms with Gasteiger partial charge in [0.05, 0.1) is 4.90 Å². The van der Waals surface area contributed by atoms with E-state index in [2.05, 4.69) is 4.72 Å². The minimum Gasteiger partial charge on any atom is -0.357 e. The Kier molecular flexibility index (Phi) is 4.47. The average molecular weight is 347 g/mol. The summed E-state index contributed by atoms with van der Waals surface area (Å²) in [6, 6.07) is 6.92. The fraction of sp³-hybridized carbons (Fsp3) is 0.353. The highest BCUT2D eigenvalue weighted by Gasteiger charge is 2.24. The standard InChI is InChI=1S/C17H21N3O3S/c1-13(21)20-10-7-15-11-16(3-4-17(15)20)24(22,23)18-8-5-14-6-9-19(2)12-14/h3-4,6,9,11-12,18H,5,7-8,10H2,1-2H3. The molecule has 0 saturated carbocycles. The first kappa shape index (κ1) is 16.7. The Balaban J connectivity index is 1.70. The lowest BCUT2D eigenvalue weighted by molar-refractivity contribution is -0.116. The second kappa shape index (κ2) is 6.41. The number of fused-ring (bicyclic) bond motifs is 1. The third kappa shape index (κ3) is 3.37. The smallest absolute Gasteiger partial charge is 0.240 e. The van der Waals surface area contributed by atoms with Gasteiger partial charge in [-0.15, -0.1) is 0 Å². The summed E-state index contributed by atoms with van der Waals surface area (Å²) in [4.78, 5) is 13.5. The number of hydrogen-bond acceptors (Lipinski definition) is 3. The topological polar surface area (TPSA) is 71.4 Å². The van der Waals surface area contributed by atoms with E-state index in [4.69, 9.17) is 0 Å². The van der Waals surface area contributed by atoms with E-state index in [0.29, 0.717) is 25.9 Å². The molecule has 1 amide bonds. The molecule has 3 rings (SSSR count). The second-order valence-corrected chi connectivity index (χ2v) is 7.81. The molecule has 0 radical (unpaired) electrons. The van der Waals surface area contributed by atoms with E-state index >= 15 is 0 Å². The van der Waals surface area contributed by atoms with Crippen LogP contribution in [0.5, 0.6) is 0 Å². The first-order chi connectivity index (χ1) is 11.4. The van der Waals surface area contributed by atoms with Crippen LogP contribution in [-0.4, -0.2) is 32.0 Å². The van der Waals surface area contributed by atoms with Crippen LogP contribution in [0.4, 0.5) is 5.69 Å². The molecule has 1 aliphatic rings. The first-order valence-electron chi connectivity index (χ1n) is 7.88. The monoisotopic (exact) mass is 347 g/mol. The molecule has 0 unspecified atom stereocenters. The Labute approximate surface area is 142 Å². The molecule has 0 fully saturated rings. The molecule has 1 aromatic carbocycles. The predicted octanol–water partition coefficient (Wildman–Crippen LogP) is 1.46. The molecule has 0 atom stereocenters. The summed E-state index contributed by atoms with van der Waals surface area (Å²) in [5.41, 5.74) is 2.80. The van der Waals surface area contributed by atoms with E-state index in [-0.39, 0.29) is 10.8 Å². The number of rotatable bonds is 5. The number of nitrogens with one attached hydrogen (secondary N) is 1. The van der Waals surface area contributed by atoms with Gasteiger partial charge in [-0.2, -0.15) is 0 Å². The zero-order valence-electron chi connectivity index (χ0n) is 13.8. The quantitative estimate of drug-likeness (QED) is 0.890. The summed E-state index contributed by atoms with van der Waals surface area (Å²) in [5.74, 6) is -0.0228. The highest BCUT2D eigenvalue weighted by molar-refractivity contribution is 7.89. The van der Waals surface area contributed by atoms with E-state index < -0.39 is 10.0 Å². The van der Waals surface area contributed by atoms with Crippen LogP contribution in [-0.2, 0) is 34.7 Å². The van der Waals surface area contributed by atoms with Crippen LogP contribution >= 0.6 is 0 Å². The van der Waals surface area contributed by atoms with Gasteiger partial charge in [0.25, 0.3) is 0 Å². The van der Waals surface area contributed by atoms with Crippen molar-refractivity contribution in [2.75, 3.05) is 18.0 Å². The summed E-state index contributed by atoms with van der Waals surface area (Å²) in [5, 5.41) is 0. The van der Waals surface area contributed by atoms with Crippen molar-refractivity contribution in [3.63, 3.8) is 0 Å². The molecule has 0 aliphatic carbocycles. The Bertz CT molecular complexity index is 871. The fourth-order valence-electron chi connectivity index (χ4n) is 2.99. The molecule has 1 aromatic heterocycles. The molecule has 2 aromatic rings.